The van der Waals surface area contributed by atoms with Crippen molar-refractivity contribution in [1.29, 1.82) is 0 Å². The maximum absolute atomic E-state index is 14.3. The smallest absolute Gasteiger partial charge is 0.305 e. The Balaban J connectivity index is 1.87. The summed E-state index contributed by atoms with van der Waals surface area (Å²) in [7, 11) is 0. The molecule has 0 N–H and O–H groups in total. The normalized spacial score (nSPS) is 11.6. The highest BCUT2D eigenvalue weighted by atomic mass is 127. The summed E-state index contributed by atoms with van der Waals surface area (Å²) in [5.74, 6) is -1.20. The third kappa shape index (κ3) is 4.87. The number of rotatable bonds is 10. The van der Waals surface area contributed by atoms with E-state index in [1.807, 2.05) is 27.2 Å². The van der Waals surface area contributed by atoms with Crippen molar-refractivity contribution in [2.75, 3.05) is 0 Å². The van der Waals surface area contributed by atoms with Crippen LogP contribution in [-0.2, 0) is 6.54 Å². The van der Waals surface area contributed by atoms with E-state index in [4.69, 9.17) is 0 Å². The lowest BCUT2D eigenvalue weighted by Gasteiger charge is -2.08. The lowest BCUT2D eigenvalue weighted by atomic mass is 10.1. The van der Waals surface area contributed by atoms with Gasteiger partial charge in [0.25, 0.3) is 0 Å². The van der Waals surface area contributed by atoms with Crippen LogP contribution >= 0.6 is 22.6 Å². The number of fused-ring (bicyclic) bond motifs is 3. The Morgan fingerprint density at radius 1 is 0.897 bits per heavy atom. The quantitative estimate of drug-likeness (QED) is 0.120. The first kappa shape index (κ1) is 21.9. The van der Waals surface area contributed by atoms with Crippen LogP contribution in [0.4, 0.5) is 14.5 Å². The average Bonchev–Trinajstić information content (AvgIpc) is 2.95. The summed E-state index contributed by atoms with van der Waals surface area (Å²) in [4.78, 5) is 10.4. The van der Waals surface area contributed by atoms with E-state index < -0.39 is 16.4 Å². The van der Waals surface area contributed by atoms with Crippen molar-refractivity contribution in [1.82, 2.24) is 4.57 Å². The Hall–Kier alpha value is -1.77. The largest absolute Gasteiger partial charge is 0.340 e. The fourth-order valence-electron chi connectivity index (χ4n) is 3.88. The minimum Gasteiger partial charge on any atom is -0.340 e. The van der Waals surface area contributed by atoms with Gasteiger partial charge in [-0.3, -0.25) is 10.1 Å². The van der Waals surface area contributed by atoms with Crippen molar-refractivity contribution in [3.63, 3.8) is 0 Å². The Labute approximate surface area is 182 Å². The van der Waals surface area contributed by atoms with Crippen molar-refractivity contribution in [3.8, 4) is 0 Å². The molecule has 3 aromatic rings. The molecule has 0 saturated carbocycles. The molecule has 0 radical (unpaired) electrons. The second-order valence-electron chi connectivity index (χ2n) is 7.49. The highest BCUT2D eigenvalue weighted by Gasteiger charge is 2.21. The second-order valence-corrected chi connectivity index (χ2v) is 8.65. The van der Waals surface area contributed by atoms with E-state index in [-0.39, 0.29) is 5.82 Å². The topological polar surface area (TPSA) is 48.1 Å². The molecule has 0 saturated heterocycles. The standard InChI is InChI=1S/C22H25F2IN2O2/c1-2-3-4-5-6-7-8-9-10-26-20-13-17(23)19(25)11-15(20)16-12-22(27(28)29)18(24)14-21(16)26/h11-14H,2-10H2,1H3. The molecule has 0 atom stereocenters. The van der Waals surface area contributed by atoms with Crippen molar-refractivity contribution in [3.05, 3.63) is 49.6 Å². The number of nitro benzene ring substituents is 1. The van der Waals surface area contributed by atoms with Gasteiger partial charge >= 0.3 is 5.69 Å². The number of unbranched alkanes of at least 4 members (excludes halogenated alkanes) is 7. The zero-order chi connectivity index (χ0) is 21.0. The summed E-state index contributed by atoms with van der Waals surface area (Å²) in [6.45, 7) is 2.83. The van der Waals surface area contributed by atoms with Gasteiger partial charge in [0.15, 0.2) is 0 Å². The Bertz CT molecular complexity index is 1030. The molecule has 7 heteroatoms. The van der Waals surface area contributed by atoms with Gasteiger partial charge in [0.1, 0.15) is 5.82 Å². The summed E-state index contributed by atoms with van der Waals surface area (Å²) in [6, 6.07) is 5.61. The first-order valence-electron chi connectivity index (χ1n) is 10.2. The molecule has 1 heterocycles. The van der Waals surface area contributed by atoms with Crippen LogP contribution in [0.5, 0.6) is 0 Å². The van der Waals surface area contributed by atoms with Gasteiger partial charge in [0.05, 0.1) is 16.0 Å². The molecule has 4 nitrogen and oxygen atoms in total. The molecule has 1 aromatic heterocycles. The lowest BCUT2D eigenvalue weighted by molar-refractivity contribution is -0.387. The Morgan fingerprint density at radius 3 is 2.07 bits per heavy atom. The number of aromatic nitrogens is 1. The molecule has 0 aliphatic rings. The third-order valence-electron chi connectivity index (χ3n) is 5.41. The van der Waals surface area contributed by atoms with Crippen molar-refractivity contribution < 1.29 is 13.7 Å². The molecule has 0 spiro atoms. The molecule has 0 aliphatic carbocycles. The van der Waals surface area contributed by atoms with Crippen LogP contribution in [-0.4, -0.2) is 9.49 Å². The fourth-order valence-corrected chi connectivity index (χ4v) is 4.35. The molecular formula is C22H25F2IN2O2. The van der Waals surface area contributed by atoms with Crippen LogP contribution in [0.25, 0.3) is 21.8 Å². The van der Waals surface area contributed by atoms with Gasteiger partial charge in [-0.1, -0.05) is 51.9 Å². The number of halogens is 3. The maximum atomic E-state index is 14.3. The molecule has 0 bridgehead atoms. The van der Waals surface area contributed by atoms with Crippen LogP contribution in [0.15, 0.2) is 24.3 Å². The maximum Gasteiger partial charge on any atom is 0.305 e. The van der Waals surface area contributed by atoms with E-state index in [1.54, 1.807) is 6.07 Å². The van der Waals surface area contributed by atoms with Crippen LogP contribution in [0.2, 0.25) is 0 Å². The van der Waals surface area contributed by atoms with Gasteiger partial charge in [-0.2, -0.15) is 4.39 Å². The highest BCUT2D eigenvalue weighted by molar-refractivity contribution is 14.1. The average molecular weight is 514 g/mol. The minimum absolute atomic E-state index is 0.340. The fraction of sp³-hybridized carbons (Fsp3) is 0.455. The van der Waals surface area contributed by atoms with E-state index in [1.165, 1.54) is 50.3 Å². The molecule has 0 amide bonds. The summed E-state index contributed by atoms with van der Waals surface area (Å²) in [5.41, 5.74) is 0.677. The molecular weight excluding hydrogens is 489 g/mol. The number of benzene rings is 2. The zero-order valence-electron chi connectivity index (χ0n) is 16.5. The molecule has 2 aromatic carbocycles. The SMILES string of the molecule is CCCCCCCCCCn1c2cc(F)c(I)cc2c2cc([N+](=O)[O-])c(F)cc21. The van der Waals surface area contributed by atoms with Crippen LogP contribution < -0.4 is 0 Å². The number of hydrogen-bond acceptors (Lipinski definition) is 2. The number of nitrogens with zero attached hydrogens (tertiary/aromatic N) is 2. The van der Waals surface area contributed by atoms with Gasteiger partial charge in [-0.15, -0.1) is 0 Å². The van der Waals surface area contributed by atoms with Gasteiger partial charge in [-0.05, 0) is 41.1 Å². The summed E-state index contributed by atoms with van der Waals surface area (Å²) >= 11 is 1.90. The summed E-state index contributed by atoms with van der Waals surface area (Å²) < 4.78 is 30.9. The number of hydrogen-bond donors (Lipinski definition) is 0. The first-order chi connectivity index (χ1) is 13.9. The predicted molar refractivity (Wildman–Crippen MR) is 121 cm³/mol. The zero-order valence-corrected chi connectivity index (χ0v) is 18.7. The monoisotopic (exact) mass is 514 g/mol. The minimum atomic E-state index is -0.863. The van der Waals surface area contributed by atoms with Gasteiger partial charge in [0, 0.05) is 33.0 Å². The number of nitro groups is 1. The molecule has 3 rings (SSSR count). The first-order valence-corrected chi connectivity index (χ1v) is 11.3. The van der Waals surface area contributed by atoms with Crippen LogP contribution in [0.1, 0.15) is 58.3 Å². The van der Waals surface area contributed by atoms with Crippen LogP contribution in [0.3, 0.4) is 0 Å². The van der Waals surface area contributed by atoms with E-state index in [0.29, 0.717) is 31.9 Å². The van der Waals surface area contributed by atoms with Crippen LogP contribution in [0, 0.1) is 25.3 Å². The van der Waals surface area contributed by atoms with E-state index in [0.717, 1.165) is 19.3 Å². The Kier molecular flexibility index (Phi) is 7.43. The molecule has 0 unspecified atom stereocenters. The lowest BCUT2D eigenvalue weighted by Crippen LogP contribution is -1.99. The van der Waals surface area contributed by atoms with Crippen molar-refractivity contribution >= 4 is 50.1 Å². The van der Waals surface area contributed by atoms with E-state index in [9.17, 15) is 18.9 Å². The van der Waals surface area contributed by atoms with E-state index in [2.05, 4.69) is 6.92 Å². The van der Waals surface area contributed by atoms with E-state index >= 15 is 0 Å². The Morgan fingerprint density at radius 2 is 1.45 bits per heavy atom. The molecule has 0 fully saturated rings. The second kappa shape index (κ2) is 9.82. The predicted octanol–water partition coefficient (Wildman–Crippen LogP) is 7.73. The molecule has 156 valence electrons. The van der Waals surface area contributed by atoms with Gasteiger partial charge < -0.3 is 4.57 Å². The van der Waals surface area contributed by atoms with Crippen molar-refractivity contribution in [2.24, 2.45) is 0 Å². The molecule has 0 aliphatic heterocycles. The van der Waals surface area contributed by atoms with Gasteiger partial charge in [0.2, 0.25) is 5.82 Å². The highest BCUT2D eigenvalue weighted by Crippen LogP contribution is 2.35. The third-order valence-corrected chi connectivity index (χ3v) is 6.23. The summed E-state index contributed by atoms with van der Waals surface area (Å²) in [5, 5.41) is 12.5. The number of aryl methyl sites for hydroxylation is 1. The van der Waals surface area contributed by atoms with Gasteiger partial charge in [-0.25, -0.2) is 4.39 Å². The van der Waals surface area contributed by atoms with Crippen molar-refractivity contribution in [2.45, 2.75) is 64.8 Å². The molecule has 29 heavy (non-hydrogen) atoms. The summed E-state index contributed by atoms with van der Waals surface area (Å²) in [6.07, 6.45) is 9.35.